The fraction of sp³-hybridized carbons (Fsp3) is 0.320. The number of carbonyl (C=O) groups excluding carboxylic acids is 1. The summed E-state index contributed by atoms with van der Waals surface area (Å²) in [6.45, 7) is 8.29. The smallest absolute Gasteiger partial charge is 0.274 e. The third-order valence-electron chi connectivity index (χ3n) is 6.10. The van der Waals surface area contributed by atoms with Gasteiger partial charge in [-0.05, 0) is 48.7 Å². The summed E-state index contributed by atoms with van der Waals surface area (Å²) in [5.74, 6) is -0.488. The maximum Gasteiger partial charge on any atom is 0.274 e. The van der Waals surface area contributed by atoms with Crippen molar-refractivity contribution >= 4 is 5.91 Å². The molecule has 0 bridgehead atoms. The molecule has 1 aliphatic heterocycles. The first-order chi connectivity index (χ1) is 15.0. The number of benzene rings is 2. The van der Waals surface area contributed by atoms with E-state index in [9.17, 15) is 4.79 Å². The van der Waals surface area contributed by atoms with E-state index in [-0.39, 0.29) is 0 Å². The predicted molar refractivity (Wildman–Crippen MR) is 120 cm³/mol. The number of rotatable bonds is 6. The van der Waals surface area contributed by atoms with Gasteiger partial charge in [-0.1, -0.05) is 36.4 Å². The summed E-state index contributed by atoms with van der Waals surface area (Å²) in [5, 5.41) is 8.76. The quantitative estimate of drug-likeness (QED) is 0.464. The molecule has 1 amide bonds. The Labute approximate surface area is 183 Å². The lowest BCUT2D eigenvalue weighted by atomic mass is 9.99. The van der Waals surface area contributed by atoms with Crippen LogP contribution in [0.2, 0.25) is 0 Å². The number of hydrogen-bond donors (Lipinski definition) is 2. The Kier molecular flexibility index (Phi) is 6.51. The molecule has 1 saturated heterocycles. The van der Waals surface area contributed by atoms with Crippen molar-refractivity contribution in [2.45, 2.75) is 39.0 Å². The minimum absolute atomic E-state index is 0.417. The van der Waals surface area contributed by atoms with Crippen LogP contribution in [0.3, 0.4) is 0 Å². The number of hydrogen-bond acceptors (Lipinski definition) is 5. The molecule has 2 atom stereocenters. The van der Waals surface area contributed by atoms with Crippen molar-refractivity contribution in [3.63, 3.8) is 0 Å². The van der Waals surface area contributed by atoms with E-state index in [1.54, 1.807) is 30.1 Å². The topological polar surface area (TPSA) is 69.0 Å². The van der Waals surface area contributed by atoms with Gasteiger partial charge in [0.05, 0.1) is 12.5 Å². The highest BCUT2D eigenvalue weighted by atomic mass is 16.5. The lowest BCUT2D eigenvalue weighted by Crippen LogP contribution is -2.55. The molecule has 6 nitrogen and oxygen atoms in total. The first kappa shape index (κ1) is 21.3. The van der Waals surface area contributed by atoms with Crippen LogP contribution in [-0.2, 0) is 13.1 Å². The molecule has 0 radical (unpaired) electrons. The second-order valence-corrected chi connectivity index (χ2v) is 8.37. The van der Waals surface area contributed by atoms with E-state index in [2.05, 4.69) is 47.9 Å². The highest BCUT2D eigenvalue weighted by Crippen LogP contribution is 2.28. The third kappa shape index (κ3) is 4.88. The van der Waals surface area contributed by atoms with E-state index in [0.717, 1.165) is 37.3 Å². The van der Waals surface area contributed by atoms with Crippen molar-refractivity contribution in [1.82, 2.24) is 15.3 Å². The zero-order chi connectivity index (χ0) is 21.8. The number of carbonyl (C=O) groups is 1. The Morgan fingerprint density at radius 1 is 1.03 bits per heavy atom. The number of piperazine rings is 1. The molecule has 2 unspecified atom stereocenters. The van der Waals surface area contributed by atoms with E-state index < -0.39 is 5.91 Å². The molecule has 31 heavy (non-hydrogen) atoms. The Morgan fingerprint density at radius 3 is 2.39 bits per heavy atom. The number of furan rings is 1. The lowest BCUT2D eigenvalue weighted by molar-refractivity contribution is 0.0291. The molecular weight excluding hydrogens is 390 g/mol. The van der Waals surface area contributed by atoms with Gasteiger partial charge in [-0.2, -0.15) is 0 Å². The Hall–Kier alpha value is -2.93. The van der Waals surface area contributed by atoms with Crippen LogP contribution in [0.15, 0.2) is 71.5 Å². The molecule has 2 N–H and O–H groups in total. The van der Waals surface area contributed by atoms with E-state index in [4.69, 9.17) is 9.62 Å². The van der Waals surface area contributed by atoms with Crippen LogP contribution < -0.4 is 5.48 Å². The van der Waals surface area contributed by atoms with Gasteiger partial charge in [-0.25, -0.2) is 5.48 Å². The fourth-order valence-corrected chi connectivity index (χ4v) is 4.55. The van der Waals surface area contributed by atoms with E-state index in [1.165, 1.54) is 11.1 Å². The summed E-state index contributed by atoms with van der Waals surface area (Å²) in [7, 11) is 0. The van der Waals surface area contributed by atoms with Gasteiger partial charge in [0.2, 0.25) is 0 Å². The molecular formula is C25H29N3O3. The average Bonchev–Trinajstić information content (AvgIpc) is 3.31. The molecule has 162 valence electrons. The molecule has 1 fully saturated rings. The highest BCUT2D eigenvalue weighted by molar-refractivity contribution is 5.93. The van der Waals surface area contributed by atoms with E-state index in [1.807, 2.05) is 18.2 Å². The number of hydroxylamine groups is 1. The van der Waals surface area contributed by atoms with Crippen molar-refractivity contribution in [3.05, 3.63) is 83.8 Å². The Balaban J connectivity index is 1.42. The van der Waals surface area contributed by atoms with Gasteiger partial charge >= 0.3 is 0 Å². The molecule has 6 heteroatoms. The van der Waals surface area contributed by atoms with Crippen LogP contribution in [0.25, 0.3) is 11.1 Å². The summed E-state index contributed by atoms with van der Waals surface area (Å²) in [5.41, 5.74) is 6.94. The van der Waals surface area contributed by atoms with Gasteiger partial charge in [-0.3, -0.25) is 19.8 Å². The molecule has 0 aliphatic carbocycles. The molecule has 4 rings (SSSR count). The molecule has 1 aromatic heterocycles. The first-order valence-electron chi connectivity index (χ1n) is 10.7. The van der Waals surface area contributed by atoms with Gasteiger partial charge in [0.25, 0.3) is 5.91 Å². The fourth-order valence-electron chi connectivity index (χ4n) is 4.55. The lowest BCUT2D eigenvalue weighted by Gasteiger charge is -2.44. The predicted octanol–water partition coefficient (Wildman–Crippen LogP) is 4.16. The summed E-state index contributed by atoms with van der Waals surface area (Å²) in [6, 6.07) is 18.8. The van der Waals surface area contributed by atoms with Crippen molar-refractivity contribution in [1.29, 1.82) is 0 Å². The first-order valence-corrected chi connectivity index (χ1v) is 10.7. The maximum absolute atomic E-state index is 11.5. The maximum atomic E-state index is 11.5. The number of amides is 1. The number of nitrogens with zero attached hydrogens (tertiary/aromatic N) is 2. The largest absolute Gasteiger partial charge is 0.472 e. The highest BCUT2D eigenvalue weighted by Gasteiger charge is 2.29. The van der Waals surface area contributed by atoms with Crippen LogP contribution in [0.5, 0.6) is 0 Å². The second kappa shape index (κ2) is 9.47. The molecule has 1 aliphatic rings. The molecule has 2 heterocycles. The zero-order valence-electron chi connectivity index (χ0n) is 18.0. The minimum Gasteiger partial charge on any atom is -0.472 e. The van der Waals surface area contributed by atoms with Gasteiger partial charge in [0, 0.05) is 49.4 Å². The third-order valence-corrected chi connectivity index (χ3v) is 6.10. The SMILES string of the molecule is CC1CN(Cc2ccc(C(=O)NO)cc2)CC(C)N1Cc1ccccc1-c1ccoc1. The standard InChI is InChI=1S/C25H29N3O3/c1-18-13-27(15-20-7-9-21(10-8-20)25(29)26-30)14-19(2)28(18)16-22-5-3-4-6-24(22)23-11-12-31-17-23/h3-12,17-19,30H,13-16H2,1-2H3,(H,26,29). The molecule has 2 aromatic carbocycles. The normalized spacial score (nSPS) is 20.0. The average molecular weight is 420 g/mol. The second-order valence-electron chi connectivity index (χ2n) is 8.37. The number of nitrogens with one attached hydrogen (secondary N) is 1. The van der Waals surface area contributed by atoms with Crippen LogP contribution in [-0.4, -0.2) is 46.1 Å². The molecule has 0 spiro atoms. The summed E-state index contributed by atoms with van der Waals surface area (Å²) >= 11 is 0. The van der Waals surface area contributed by atoms with Crippen molar-refractivity contribution in [3.8, 4) is 11.1 Å². The van der Waals surface area contributed by atoms with Crippen molar-refractivity contribution in [2.75, 3.05) is 13.1 Å². The summed E-state index contributed by atoms with van der Waals surface area (Å²) < 4.78 is 5.30. The minimum atomic E-state index is -0.488. The van der Waals surface area contributed by atoms with Crippen LogP contribution >= 0.6 is 0 Å². The Bertz CT molecular complexity index is 989. The van der Waals surface area contributed by atoms with Crippen molar-refractivity contribution in [2.24, 2.45) is 0 Å². The van der Waals surface area contributed by atoms with E-state index in [0.29, 0.717) is 17.6 Å². The van der Waals surface area contributed by atoms with Crippen LogP contribution in [0, 0.1) is 0 Å². The van der Waals surface area contributed by atoms with Gasteiger partial charge < -0.3 is 4.42 Å². The molecule has 0 saturated carbocycles. The van der Waals surface area contributed by atoms with Gasteiger partial charge in [0.1, 0.15) is 0 Å². The summed E-state index contributed by atoms with van der Waals surface area (Å²) in [6.07, 6.45) is 3.53. The summed E-state index contributed by atoms with van der Waals surface area (Å²) in [4.78, 5) is 16.5. The van der Waals surface area contributed by atoms with Gasteiger partial charge in [-0.15, -0.1) is 0 Å². The zero-order valence-corrected chi connectivity index (χ0v) is 18.0. The molecule has 3 aromatic rings. The van der Waals surface area contributed by atoms with E-state index >= 15 is 0 Å². The van der Waals surface area contributed by atoms with Crippen molar-refractivity contribution < 1.29 is 14.4 Å². The van der Waals surface area contributed by atoms with Crippen LogP contribution in [0.4, 0.5) is 0 Å². The van der Waals surface area contributed by atoms with Gasteiger partial charge in [0.15, 0.2) is 0 Å². The monoisotopic (exact) mass is 419 g/mol. The van der Waals surface area contributed by atoms with Crippen LogP contribution in [0.1, 0.15) is 35.3 Å². The Morgan fingerprint density at radius 2 is 1.74 bits per heavy atom.